The van der Waals surface area contributed by atoms with Gasteiger partial charge in [-0.3, -0.25) is 0 Å². The highest BCUT2D eigenvalue weighted by molar-refractivity contribution is 6.29. The number of hydrogen-bond acceptors (Lipinski definition) is 8. The highest BCUT2D eigenvalue weighted by Crippen LogP contribution is 2.26. The summed E-state index contributed by atoms with van der Waals surface area (Å²) in [5.41, 5.74) is 7.50. The first-order chi connectivity index (χ1) is 21.1. The molecule has 0 spiro atoms. The van der Waals surface area contributed by atoms with Crippen molar-refractivity contribution in [2.75, 3.05) is 10.6 Å². The zero-order chi connectivity index (χ0) is 29.6. The molecular formula is C32H29ClN10. The molecule has 43 heavy (non-hydrogen) atoms. The van der Waals surface area contributed by atoms with Gasteiger partial charge in [-0.25, -0.2) is 29.0 Å². The standard InChI is InChI=1S/C19H17N5.C13H12ClN5/c1-2-14-8-9-18(21-13-14)22-17-12-16(15-6-4-3-5-7-15)23-24-11-10-20-19(17)24;1-2-9-3-4-12(16-8-9)17-10-7-11(14)18-19-6-5-15-13(10)19/h3-13H,2H2,1H3,(H,21,22);3-8H,2H2,1H3,(H,16,17). The average Bonchev–Trinajstić information content (AvgIpc) is 3.73. The predicted molar refractivity (Wildman–Crippen MR) is 170 cm³/mol. The van der Waals surface area contributed by atoms with Crippen molar-refractivity contribution in [3.63, 3.8) is 0 Å². The zero-order valence-electron chi connectivity index (χ0n) is 23.7. The maximum Gasteiger partial charge on any atom is 0.177 e. The number of rotatable bonds is 7. The van der Waals surface area contributed by atoms with Crippen molar-refractivity contribution < 1.29 is 0 Å². The molecule has 6 aromatic heterocycles. The number of fused-ring (bicyclic) bond motifs is 2. The molecule has 6 heterocycles. The second-order valence-corrected chi connectivity index (χ2v) is 10.0. The van der Waals surface area contributed by atoms with E-state index in [2.05, 4.69) is 60.7 Å². The van der Waals surface area contributed by atoms with Crippen molar-refractivity contribution in [1.82, 2.24) is 39.2 Å². The third-order valence-corrected chi connectivity index (χ3v) is 6.93. The van der Waals surface area contributed by atoms with Crippen LogP contribution in [0.4, 0.5) is 23.0 Å². The number of nitrogens with zero attached hydrogens (tertiary/aromatic N) is 8. The summed E-state index contributed by atoms with van der Waals surface area (Å²) >= 11 is 5.97. The van der Waals surface area contributed by atoms with Gasteiger partial charge in [-0.2, -0.15) is 10.2 Å². The van der Waals surface area contributed by atoms with Gasteiger partial charge >= 0.3 is 0 Å². The molecule has 0 aliphatic heterocycles. The lowest BCUT2D eigenvalue weighted by Gasteiger charge is -2.10. The molecule has 214 valence electrons. The SMILES string of the molecule is CCc1ccc(Nc2cc(-c3ccccc3)nn3ccnc23)nc1.CCc1ccc(Nc2cc(Cl)nn3ccnc23)nc1. The van der Waals surface area contributed by atoms with Crippen LogP contribution in [-0.4, -0.2) is 39.2 Å². The number of pyridine rings is 2. The van der Waals surface area contributed by atoms with E-state index in [1.165, 1.54) is 11.1 Å². The third kappa shape index (κ3) is 6.44. The summed E-state index contributed by atoms with van der Waals surface area (Å²) in [6.07, 6.45) is 12.7. The Morgan fingerprint density at radius 1 is 0.651 bits per heavy atom. The summed E-state index contributed by atoms with van der Waals surface area (Å²) in [6.45, 7) is 4.22. The monoisotopic (exact) mass is 588 g/mol. The van der Waals surface area contributed by atoms with E-state index in [4.69, 9.17) is 11.6 Å². The molecule has 0 unspecified atom stereocenters. The van der Waals surface area contributed by atoms with E-state index in [1.807, 2.05) is 73.2 Å². The van der Waals surface area contributed by atoms with E-state index < -0.39 is 0 Å². The number of halogens is 1. The minimum Gasteiger partial charge on any atom is -0.337 e. The topological polar surface area (TPSA) is 110 Å². The maximum atomic E-state index is 5.97. The second-order valence-electron chi connectivity index (χ2n) is 9.64. The van der Waals surface area contributed by atoms with Crippen molar-refractivity contribution in [3.8, 4) is 11.3 Å². The molecule has 0 aliphatic carbocycles. The van der Waals surface area contributed by atoms with Crippen LogP contribution >= 0.6 is 11.6 Å². The Hall–Kier alpha value is -5.35. The summed E-state index contributed by atoms with van der Waals surface area (Å²) in [5, 5.41) is 15.7. The Kier molecular flexibility index (Phi) is 8.19. The predicted octanol–water partition coefficient (Wildman–Crippen LogP) is 7.18. The molecule has 0 amide bonds. The summed E-state index contributed by atoms with van der Waals surface area (Å²) in [4.78, 5) is 17.5. The molecule has 7 aromatic rings. The van der Waals surface area contributed by atoms with Gasteiger partial charge in [-0.1, -0.05) is 67.9 Å². The largest absolute Gasteiger partial charge is 0.337 e. The van der Waals surface area contributed by atoms with Crippen molar-refractivity contribution in [3.05, 3.63) is 120 Å². The van der Waals surface area contributed by atoms with Crippen LogP contribution in [0.5, 0.6) is 0 Å². The van der Waals surface area contributed by atoms with Gasteiger partial charge in [-0.15, -0.1) is 0 Å². The van der Waals surface area contributed by atoms with Gasteiger partial charge < -0.3 is 10.6 Å². The Bertz CT molecular complexity index is 1950. The minimum absolute atomic E-state index is 0.401. The zero-order valence-corrected chi connectivity index (χ0v) is 24.4. The average molecular weight is 589 g/mol. The molecule has 0 saturated carbocycles. The molecule has 1 aromatic carbocycles. The number of nitrogens with one attached hydrogen (secondary N) is 2. The molecule has 10 nitrogen and oxygen atoms in total. The molecule has 7 rings (SSSR count). The van der Waals surface area contributed by atoms with Gasteiger partial charge in [0.05, 0.1) is 17.1 Å². The molecule has 0 atom stereocenters. The number of benzene rings is 1. The van der Waals surface area contributed by atoms with Crippen LogP contribution < -0.4 is 10.6 Å². The van der Waals surface area contributed by atoms with Gasteiger partial charge in [0.15, 0.2) is 16.4 Å². The highest BCUT2D eigenvalue weighted by atomic mass is 35.5. The molecule has 11 heteroatoms. The first-order valence-corrected chi connectivity index (χ1v) is 14.3. The van der Waals surface area contributed by atoms with Crippen molar-refractivity contribution in [2.45, 2.75) is 26.7 Å². The molecule has 0 radical (unpaired) electrons. The quantitative estimate of drug-likeness (QED) is 0.201. The van der Waals surface area contributed by atoms with Crippen LogP contribution in [0.3, 0.4) is 0 Å². The number of aromatic nitrogens is 8. The van der Waals surface area contributed by atoms with E-state index in [0.717, 1.165) is 52.8 Å². The Labute approximate surface area is 253 Å². The van der Waals surface area contributed by atoms with Gasteiger partial charge in [-0.05, 0) is 42.2 Å². The van der Waals surface area contributed by atoms with Crippen LogP contribution in [0.1, 0.15) is 25.0 Å². The molecule has 2 N–H and O–H groups in total. The summed E-state index contributed by atoms with van der Waals surface area (Å²) < 4.78 is 3.41. The Morgan fingerprint density at radius 3 is 1.74 bits per heavy atom. The third-order valence-electron chi connectivity index (χ3n) is 6.75. The Morgan fingerprint density at radius 2 is 1.21 bits per heavy atom. The second kappa shape index (κ2) is 12.7. The van der Waals surface area contributed by atoms with E-state index in [0.29, 0.717) is 10.8 Å². The van der Waals surface area contributed by atoms with Crippen molar-refractivity contribution in [2.24, 2.45) is 0 Å². The lowest BCUT2D eigenvalue weighted by Crippen LogP contribution is -2.01. The van der Waals surface area contributed by atoms with Crippen molar-refractivity contribution >= 4 is 45.9 Å². The molecular weight excluding hydrogens is 560 g/mol. The van der Waals surface area contributed by atoms with Crippen LogP contribution in [0.25, 0.3) is 22.6 Å². The summed E-state index contributed by atoms with van der Waals surface area (Å²) in [6, 6.07) is 21.9. The van der Waals surface area contributed by atoms with Gasteiger partial charge in [0.1, 0.15) is 11.6 Å². The Balaban J connectivity index is 0.000000157. The van der Waals surface area contributed by atoms with E-state index in [-0.39, 0.29) is 0 Å². The lowest BCUT2D eigenvalue weighted by molar-refractivity contribution is 0.937. The summed E-state index contributed by atoms with van der Waals surface area (Å²) in [7, 11) is 0. The molecule has 0 fully saturated rings. The van der Waals surface area contributed by atoms with Crippen LogP contribution in [0.15, 0.2) is 104 Å². The van der Waals surface area contributed by atoms with E-state index in [1.54, 1.807) is 33.7 Å². The maximum absolute atomic E-state index is 5.97. The number of anilines is 4. The fraction of sp³-hybridized carbons (Fsp3) is 0.125. The van der Waals surface area contributed by atoms with Crippen molar-refractivity contribution in [1.29, 1.82) is 0 Å². The fourth-order valence-electron chi connectivity index (χ4n) is 4.43. The number of hydrogen-bond donors (Lipinski definition) is 2. The molecule has 0 saturated heterocycles. The first kappa shape index (κ1) is 27.8. The minimum atomic E-state index is 0.401. The van der Waals surface area contributed by atoms with Crippen LogP contribution in [0.2, 0.25) is 5.15 Å². The smallest absolute Gasteiger partial charge is 0.177 e. The number of imidazole rings is 2. The first-order valence-electron chi connectivity index (χ1n) is 13.9. The van der Waals surface area contributed by atoms with Gasteiger partial charge in [0, 0.05) is 48.8 Å². The van der Waals surface area contributed by atoms with E-state index in [9.17, 15) is 0 Å². The molecule has 0 aliphatic rings. The van der Waals surface area contributed by atoms with Gasteiger partial charge in [0.2, 0.25) is 0 Å². The van der Waals surface area contributed by atoms with Gasteiger partial charge in [0.25, 0.3) is 0 Å². The summed E-state index contributed by atoms with van der Waals surface area (Å²) in [5.74, 6) is 1.55. The number of aryl methyl sites for hydroxylation is 2. The normalized spacial score (nSPS) is 10.9. The lowest BCUT2D eigenvalue weighted by atomic mass is 10.1. The van der Waals surface area contributed by atoms with Crippen LogP contribution in [0, 0.1) is 0 Å². The highest BCUT2D eigenvalue weighted by Gasteiger charge is 2.10. The fourth-order valence-corrected chi connectivity index (χ4v) is 4.62. The van der Waals surface area contributed by atoms with Crippen LogP contribution in [-0.2, 0) is 12.8 Å². The molecule has 0 bridgehead atoms. The van der Waals surface area contributed by atoms with E-state index >= 15 is 0 Å².